The Labute approximate surface area is 118 Å². The van der Waals surface area contributed by atoms with Crippen molar-refractivity contribution in [3.63, 3.8) is 0 Å². The maximum Gasteiger partial charge on any atom is 0.204 e. The maximum absolute atomic E-state index is 13.5. The zero-order valence-corrected chi connectivity index (χ0v) is 12.0. The number of rotatable bonds is 2. The lowest BCUT2D eigenvalue weighted by Gasteiger charge is -2.15. The van der Waals surface area contributed by atoms with Gasteiger partial charge in [-0.05, 0) is 40.5 Å². The monoisotopic (exact) mass is 325 g/mol. The Bertz CT molecular complexity index is 627. The fourth-order valence-corrected chi connectivity index (χ4v) is 2.89. The number of nitrogens with one attached hydrogen (secondary N) is 1. The second kappa shape index (κ2) is 4.85. The van der Waals surface area contributed by atoms with Crippen LogP contribution in [0.3, 0.4) is 0 Å². The van der Waals surface area contributed by atoms with Crippen LogP contribution in [0, 0.1) is 5.82 Å². The average Bonchev–Trinajstić information content (AvgIpc) is 2.76. The van der Waals surface area contributed by atoms with Crippen molar-refractivity contribution >= 4 is 21.9 Å². The number of benzene rings is 1. The summed E-state index contributed by atoms with van der Waals surface area (Å²) < 4.78 is 21.6. The standard InChI is InChI=1S/C13H13BrFN3O/c1-19-10-4-3-8(15)7-9(10)11-12(14)18-6-2-5-16-13(18)17-11/h3-4,7H,2,5-6H2,1H3,(H,16,17). The van der Waals surface area contributed by atoms with Gasteiger partial charge in [0.25, 0.3) is 0 Å². The van der Waals surface area contributed by atoms with E-state index in [2.05, 4.69) is 26.2 Å². The molecule has 100 valence electrons. The lowest BCUT2D eigenvalue weighted by Crippen LogP contribution is -2.17. The largest absolute Gasteiger partial charge is 0.496 e. The van der Waals surface area contributed by atoms with E-state index in [-0.39, 0.29) is 5.82 Å². The van der Waals surface area contributed by atoms with Gasteiger partial charge in [-0.15, -0.1) is 0 Å². The first-order valence-electron chi connectivity index (χ1n) is 6.04. The number of halogens is 2. The van der Waals surface area contributed by atoms with Crippen LogP contribution in [-0.2, 0) is 6.54 Å². The summed E-state index contributed by atoms with van der Waals surface area (Å²) in [6, 6.07) is 4.44. The quantitative estimate of drug-likeness (QED) is 0.921. The Hall–Kier alpha value is -1.56. The summed E-state index contributed by atoms with van der Waals surface area (Å²) in [6.45, 7) is 1.80. The molecule has 2 aromatic rings. The molecule has 0 atom stereocenters. The molecule has 1 aliphatic rings. The predicted molar refractivity (Wildman–Crippen MR) is 75.0 cm³/mol. The lowest BCUT2D eigenvalue weighted by molar-refractivity contribution is 0.415. The van der Waals surface area contributed by atoms with Gasteiger partial charge in [0.15, 0.2) is 0 Å². The molecule has 1 aromatic carbocycles. The highest BCUT2D eigenvalue weighted by Gasteiger charge is 2.21. The highest BCUT2D eigenvalue weighted by Crippen LogP contribution is 2.37. The van der Waals surface area contributed by atoms with Gasteiger partial charge in [-0.1, -0.05) is 0 Å². The van der Waals surface area contributed by atoms with E-state index in [1.54, 1.807) is 13.2 Å². The van der Waals surface area contributed by atoms with E-state index in [4.69, 9.17) is 4.74 Å². The molecule has 3 rings (SSSR count). The van der Waals surface area contributed by atoms with Gasteiger partial charge in [0.2, 0.25) is 5.95 Å². The highest BCUT2D eigenvalue weighted by atomic mass is 79.9. The third-order valence-corrected chi connectivity index (χ3v) is 3.97. The van der Waals surface area contributed by atoms with Crippen molar-refractivity contribution in [3.05, 3.63) is 28.6 Å². The van der Waals surface area contributed by atoms with Crippen molar-refractivity contribution in [2.45, 2.75) is 13.0 Å². The minimum Gasteiger partial charge on any atom is -0.496 e. The molecule has 0 bridgehead atoms. The summed E-state index contributed by atoms with van der Waals surface area (Å²) in [4.78, 5) is 4.53. The van der Waals surface area contributed by atoms with Crippen LogP contribution in [-0.4, -0.2) is 23.2 Å². The van der Waals surface area contributed by atoms with Crippen molar-refractivity contribution in [2.24, 2.45) is 0 Å². The number of hydrogen-bond donors (Lipinski definition) is 1. The Morgan fingerprint density at radius 1 is 1.47 bits per heavy atom. The van der Waals surface area contributed by atoms with Gasteiger partial charge in [-0.25, -0.2) is 9.37 Å². The molecule has 0 saturated carbocycles. The number of anilines is 1. The second-order valence-corrected chi connectivity index (χ2v) is 5.10. The first-order valence-corrected chi connectivity index (χ1v) is 6.84. The Morgan fingerprint density at radius 3 is 3.05 bits per heavy atom. The summed E-state index contributed by atoms with van der Waals surface area (Å²) in [5.41, 5.74) is 1.35. The van der Waals surface area contributed by atoms with Gasteiger partial charge in [0.1, 0.15) is 21.9 Å². The number of fused-ring (bicyclic) bond motifs is 1. The molecule has 0 spiro atoms. The molecule has 0 aliphatic carbocycles. The molecule has 1 aliphatic heterocycles. The van der Waals surface area contributed by atoms with Crippen LogP contribution in [0.4, 0.5) is 10.3 Å². The zero-order valence-electron chi connectivity index (χ0n) is 10.4. The first kappa shape index (κ1) is 12.5. The van der Waals surface area contributed by atoms with Crippen molar-refractivity contribution in [3.8, 4) is 17.0 Å². The predicted octanol–water partition coefficient (Wildman–Crippen LogP) is 3.28. The molecule has 0 amide bonds. The van der Waals surface area contributed by atoms with Crippen LogP contribution in [0.5, 0.6) is 5.75 Å². The molecule has 0 unspecified atom stereocenters. The van der Waals surface area contributed by atoms with Gasteiger partial charge in [-0.2, -0.15) is 0 Å². The van der Waals surface area contributed by atoms with Crippen LogP contribution < -0.4 is 10.1 Å². The topological polar surface area (TPSA) is 39.1 Å². The van der Waals surface area contributed by atoms with Crippen LogP contribution >= 0.6 is 15.9 Å². The zero-order chi connectivity index (χ0) is 13.4. The molecule has 2 heterocycles. The van der Waals surface area contributed by atoms with Gasteiger partial charge < -0.3 is 14.6 Å². The van der Waals surface area contributed by atoms with E-state index >= 15 is 0 Å². The lowest BCUT2D eigenvalue weighted by atomic mass is 10.1. The molecular formula is C13H13BrFN3O. The smallest absolute Gasteiger partial charge is 0.204 e. The minimum atomic E-state index is -0.304. The molecule has 6 heteroatoms. The molecule has 0 fully saturated rings. The second-order valence-electron chi connectivity index (χ2n) is 4.35. The van der Waals surface area contributed by atoms with Gasteiger partial charge in [0, 0.05) is 18.7 Å². The SMILES string of the molecule is COc1ccc(F)cc1-c1nc2n(c1Br)CCCN2. The van der Waals surface area contributed by atoms with E-state index < -0.39 is 0 Å². The van der Waals surface area contributed by atoms with Crippen LogP contribution in [0.2, 0.25) is 0 Å². The van der Waals surface area contributed by atoms with Crippen LogP contribution in [0.15, 0.2) is 22.8 Å². The molecule has 4 nitrogen and oxygen atoms in total. The average molecular weight is 326 g/mol. The van der Waals surface area contributed by atoms with Crippen LogP contribution in [0.25, 0.3) is 11.3 Å². The summed E-state index contributed by atoms with van der Waals surface area (Å²) >= 11 is 3.54. The molecule has 0 saturated heterocycles. The normalized spacial score (nSPS) is 13.8. The minimum absolute atomic E-state index is 0.304. The Morgan fingerprint density at radius 2 is 2.32 bits per heavy atom. The number of nitrogens with zero attached hydrogens (tertiary/aromatic N) is 2. The van der Waals surface area contributed by atoms with E-state index in [9.17, 15) is 4.39 Å². The molecule has 0 radical (unpaired) electrons. The molecule has 1 aromatic heterocycles. The van der Waals surface area contributed by atoms with Crippen molar-refractivity contribution in [1.29, 1.82) is 0 Å². The maximum atomic E-state index is 13.5. The summed E-state index contributed by atoms with van der Waals surface area (Å²) in [5, 5.41) is 3.23. The number of aromatic nitrogens is 2. The van der Waals surface area contributed by atoms with Crippen LogP contribution in [0.1, 0.15) is 6.42 Å². The Kier molecular flexibility index (Phi) is 3.18. The summed E-state index contributed by atoms with van der Waals surface area (Å²) in [5.74, 6) is 1.11. The fraction of sp³-hybridized carbons (Fsp3) is 0.308. The van der Waals surface area contributed by atoms with Gasteiger partial charge >= 0.3 is 0 Å². The van der Waals surface area contributed by atoms with E-state index in [1.807, 2.05) is 4.57 Å². The summed E-state index contributed by atoms with van der Waals surface area (Å²) in [7, 11) is 1.57. The highest BCUT2D eigenvalue weighted by molar-refractivity contribution is 9.10. The Balaban J connectivity index is 2.17. The number of imidazole rings is 1. The number of methoxy groups -OCH3 is 1. The van der Waals surface area contributed by atoms with Crippen molar-refractivity contribution < 1.29 is 9.13 Å². The number of ether oxygens (including phenoxy) is 1. The van der Waals surface area contributed by atoms with Gasteiger partial charge in [-0.3, -0.25) is 0 Å². The van der Waals surface area contributed by atoms with E-state index in [0.29, 0.717) is 17.0 Å². The van der Waals surface area contributed by atoms with E-state index in [1.165, 1.54) is 12.1 Å². The van der Waals surface area contributed by atoms with Gasteiger partial charge in [0.05, 0.1) is 7.11 Å². The third-order valence-electron chi connectivity index (χ3n) is 3.16. The third kappa shape index (κ3) is 2.10. The van der Waals surface area contributed by atoms with Crippen molar-refractivity contribution in [2.75, 3.05) is 19.0 Å². The van der Waals surface area contributed by atoms with Crippen molar-refractivity contribution in [1.82, 2.24) is 9.55 Å². The molecular weight excluding hydrogens is 313 g/mol. The first-order chi connectivity index (χ1) is 9.20. The molecule has 19 heavy (non-hydrogen) atoms. The summed E-state index contributed by atoms with van der Waals surface area (Å²) in [6.07, 6.45) is 1.04. The fourth-order valence-electron chi connectivity index (χ4n) is 2.25. The van der Waals surface area contributed by atoms with E-state index in [0.717, 1.165) is 30.1 Å². The number of hydrogen-bond acceptors (Lipinski definition) is 3. The molecule has 1 N–H and O–H groups in total.